The Balaban J connectivity index is 1.75. The van der Waals surface area contributed by atoms with E-state index in [0.29, 0.717) is 12.0 Å². The Morgan fingerprint density at radius 3 is 2.38 bits per heavy atom. The van der Waals surface area contributed by atoms with Gasteiger partial charge < -0.3 is 10.6 Å². The molecule has 1 heterocycles. The van der Waals surface area contributed by atoms with Crippen molar-refractivity contribution in [1.82, 2.24) is 9.97 Å². The standard InChI is InChI=1S/C20H28N4/c1-14-10-11-18(15(2)12-14)23-20-21-16(3)13-19(24-20)22-17-8-6-4-5-7-9-17/h10-13,17H,4-9H2,1-3H3,(H2,21,22,23,24). The molecule has 0 aliphatic heterocycles. The predicted molar refractivity (Wildman–Crippen MR) is 101 cm³/mol. The van der Waals surface area contributed by atoms with Crippen molar-refractivity contribution in [2.45, 2.75) is 65.3 Å². The highest BCUT2D eigenvalue weighted by molar-refractivity contribution is 5.60. The molecule has 1 saturated carbocycles. The molecular weight excluding hydrogens is 296 g/mol. The van der Waals surface area contributed by atoms with Crippen LogP contribution in [0, 0.1) is 20.8 Å². The minimum absolute atomic E-state index is 0.538. The van der Waals surface area contributed by atoms with Gasteiger partial charge in [0.25, 0.3) is 0 Å². The molecule has 4 nitrogen and oxygen atoms in total. The van der Waals surface area contributed by atoms with E-state index >= 15 is 0 Å². The summed E-state index contributed by atoms with van der Waals surface area (Å²) in [4.78, 5) is 9.23. The third-order valence-corrected chi connectivity index (χ3v) is 4.69. The normalized spacial score (nSPS) is 15.8. The number of nitrogens with one attached hydrogen (secondary N) is 2. The summed E-state index contributed by atoms with van der Waals surface area (Å²) in [6, 6.07) is 8.95. The zero-order valence-electron chi connectivity index (χ0n) is 15.0. The molecule has 0 amide bonds. The Morgan fingerprint density at radius 1 is 0.917 bits per heavy atom. The van der Waals surface area contributed by atoms with Gasteiger partial charge in [-0.25, -0.2) is 4.98 Å². The topological polar surface area (TPSA) is 49.8 Å². The number of aromatic nitrogens is 2. The van der Waals surface area contributed by atoms with Gasteiger partial charge in [0.15, 0.2) is 0 Å². The van der Waals surface area contributed by atoms with Crippen LogP contribution >= 0.6 is 0 Å². The van der Waals surface area contributed by atoms with Crippen LogP contribution in [0.4, 0.5) is 17.5 Å². The van der Waals surface area contributed by atoms with Crippen LogP contribution in [0.15, 0.2) is 24.3 Å². The fourth-order valence-electron chi connectivity index (χ4n) is 3.41. The first kappa shape index (κ1) is 16.7. The van der Waals surface area contributed by atoms with Gasteiger partial charge >= 0.3 is 0 Å². The highest BCUT2D eigenvalue weighted by Crippen LogP contribution is 2.23. The molecule has 1 aliphatic rings. The SMILES string of the molecule is Cc1ccc(Nc2nc(C)cc(NC3CCCCCC3)n2)c(C)c1. The number of hydrogen-bond donors (Lipinski definition) is 2. The second-order valence-corrected chi connectivity index (χ2v) is 6.99. The van der Waals surface area contributed by atoms with Gasteiger partial charge in [0.2, 0.25) is 5.95 Å². The van der Waals surface area contributed by atoms with Crippen molar-refractivity contribution >= 4 is 17.5 Å². The predicted octanol–water partition coefficient (Wildman–Crippen LogP) is 5.28. The van der Waals surface area contributed by atoms with E-state index in [1.54, 1.807) is 0 Å². The Labute approximate surface area is 145 Å². The van der Waals surface area contributed by atoms with Crippen molar-refractivity contribution in [1.29, 1.82) is 0 Å². The van der Waals surface area contributed by atoms with E-state index in [2.05, 4.69) is 52.6 Å². The van der Waals surface area contributed by atoms with Gasteiger partial charge in [0.1, 0.15) is 5.82 Å². The van der Waals surface area contributed by atoms with Gasteiger partial charge in [-0.3, -0.25) is 0 Å². The lowest BCUT2D eigenvalue weighted by atomic mass is 10.1. The first-order valence-electron chi connectivity index (χ1n) is 9.06. The van der Waals surface area contributed by atoms with Gasteiger partial charge in [0.05, 0.1) is 0 Å². The molecular formula is C20H28N4. The molecule has 1 aromatic carbocycles. The fourth-order valence-corrected chi connectivity index (χ4v) is 3.41. The number of hydrogen-bond acceptors (Lipinski definition) is 4. The molecule has 0 saturated heterocycles. The molecule has 4 heteroatoms. The van der Waals surface area contributed by atoms with Crippen molar-refractivity contribution < 1.29 is 0 Å². The van der Waals surface area contributed by atoms with Crippen molar-refractivity contribution in [2.24, 2.45) is 0 Å². The van der Waals surface area contributed by atoms with Gasteiger partial charge in [-0.05, 0) is 45.2 Å². The summed E-state index contributed by atoms with van der Waals surface area (Å²) in [6.45, 7) is 6.23. The number of rotatable bonds is 4. The Kier molecular flexibility index (Phi) is 5.34. The zero-order valence-corrected chi connectivity index (χ0v) is 15.0. The highest BCUT2D eigenvalue weighted by Gasteiger charge is 2.13. The first-order valence-corrected chi connectivity index (χ1v) is 9.06. The monoisotopic (exact) mass is 324 g/mol. The molecule has 3 rings (SSSR count). The molecule has 0 bridgehead atoms. The second-order valence-electron chi connectivity index (χ2n) is 6.99. The number of benzene rings is 1. The Hall–Kier alpha value is -2.10. The lowest BCUT2D eigenvalue weighted by molar-refractivity contribution is 0.617. The lowest BCUT2D eigenvalue weighted by Gasteiger charge is -2.18. The third-order valence-electron chi connectivity index (χ3n) is 4.69. The molecule has 0 radical (unpaired) electrons. The summed E-state index contributed by atoms with van der Waals surface area (Å²) in [7, 11) is 0. The van der Waals surface area contributed by atoms with Crippen LogP contribution in [0.1, 0.15) is 55.3 Å². The quantitative estimate of drug-likeness (QED) is 0.751. The molecule has 1 aromatic heterocycles. The van der Waals surface area contributed by atoms with Gasteiger partial charge in [0, 0.05) is 23.5 Å². The molecule has 1 fully saturated rings. The van der Waals surface area contributed by atoms with E-state index in [9.17, 15) is 0 Å². The van der Waals surface area contributed by atoms with Crippen LogP contribution in [0.5, 0.6) is 0 Å². The van der Waals surface area contributed by atoms with E-state index in [-0.39, 0.29) is 0 Å². The lowest BCUT2D eigenvalue weighted by Crippen LogP contribution is -2.19. The third kappa shape index (κ3) is 4.47. The van der Waals surface area contributed by atoms with Crippen LogP contribution in [-0.2, 0) is 0 Å². The molecule has 0 unspecified atom stereocenters. The maximum absolute atomic E-state index is 4.68. The summed E-state index contributed by atoms with van der Waals surface area (Å²) >= 11 is 0. The van der Waals surface area contributed by atoms with Crippen molar-refractivity contribution in [3.63, 3.8) is 0 Å². The maximum Gasteiger partial charge on any atom is 0.229 e. The second kappa shape index (κ2) is 7.65. The maximum atomic E-state index is 4.68. The van der Waals surface area contributed by atoms with Crippen LogP contribution in [0.2, 0.25) is 0 Å². The van der Waals surface area contributed by atoms with Gasteiger partial charge in [-0.1, -0.05) is 43.4 Å². The summed E-state index contributed by atoms with van der Waals surface area (Å²) in [5.41, 5.74) is 4.51. The molecule has 1 aliphatic carbocycles. The average Bonchev–Trinajstić information content (AvgIpc) is 2.78. The first-order chi connectivity index (χ1) is 11.6. The number of anilines is 3. The Morgan fingerprint density at radius 2 is 1.67 bits per heavy atom. The summed E-state index contributed by atoms with van der Waals surface area (Å²) in [6.07, 6.45) is 7.83. The van der Waals surface area contributed by atoms with Crippen molar-refractivity contribution in [3.8, 4) is 0 Å². The summed E-state index contributed by atoms with van der Waals surface area (Å²) < 4.78 is 0. The molecule has 128 valence electrons. The smallest absolute Gasteiger partial charge is 0.229 e. The highest BCUT2D eigenvalue weighted by atomic mass is 15.1. The van der Waals surface area contributed by atoms with E-state index in [0.717, 1.165) is 17.2 Å². The van der Waals surface area contributed by atoms with E-state index in [1.807, 2.05) is 13.0 Å². The van der Waals surface area contributed by atoms with E-state index < -0.39 is 0 Å². The van der Waals surface area contributed by atoms with Gasteiger partial charge in [-0.2, -0.15) is 4.98 Å². The van der Waals surface area contributed by atoms with Crippen LogP contribution in [-0.4, -0.2) is 16.0 Å². The van der Waals surface area contributed by atoms with Crippen LogP contribution in [0.25, 0.3) is 0 Å². The average molecular weight is 324 g/mol. The fraction of sp³-hybridized carbons (Fsp3) is 0.500. The molecule has 24 heavy (non-hydrogen) atoms. The number of nitrogens with zero attached hydrogens (tertiary/aromatic N) is 2. The van der Waals surface area contributed by atoms with Gasteiger partial charge in [-0.15, -0.1) is 0 Å². The molecule has 0 spiro atoms. The minimum Gasteiger partial charge on any atom is -0.367 e. The summed E-state index contributed by atoms with van der Waals surface area (Å²) in [5.74, 6) is 1.60. The minimum atomic E-state index is 0.538. The largest absolute Gasteiger partial charge is 0.367 e. The summed E-state index contributed by atoms with van der Waals surface area (Å²) in [5, 5.41) is 6.99. The molecule has 0 atom stereocenters. The van der Waals surface area contributed by atoms with Crippen molar-refractivity contribution in [2.75, 3.05) is 10.6 Å². The van der Waals surface area contributed by atoms with E-state index in [4.69, 9.17) is 0 Å². The molecule has 2 N–H and O–H groups in total. The van der Waals surface area contributed by atoms with E-state index in [1.165, 1.54) is 49.7 Å². The van der Waals surface area contributed by atoms with Crippen molar-refractivity contribution in [3.05, 3.63) is 41.1 Å². The van der Waals surface area contributed by atoms with Crippen LogP contribution in [0.3, 0.4) is 0 Å². The Bertz CT molecular complexity index is 688. The molecule has 2 aromatic rings. The zero-order chi connectivity index (χ0) is 16.9. The number of aryl methyl sites for hydroxylation is 3. The van der Waals surface area contributed by atoms with Crippen LogP contribution < -0.4 is 10.6 Å².